The van der Waals surface area contributed by atoms with Crippen LogP contribution in [0.25, 0.3) is 0 Å². The Morgan fingerprint density at radius 1 is 0.955 bits per heavy atom. The van der Waals surface area contributed by atoms with E-state index in [-0.39, 0.29) is 11.9 Å². The second kappa shape index (κ2) is 8.23. The van der Waals surface area contributed by atoms with Crippen molar-refractivity contribution in [3.8, 4) is 5.75 Å². The molecule has 0 radical (unpaired) electrons. The maximum absolute atomic E-state index is 12.2. The number of methoxy groups -OCH3 is 1. The SMILES string of the molecule is CCOC(=O)C(Cc1ccccc1)Cc1ccc(OC)cc1. The van der Waals surface area contributed by atoms with Crippen LogP contribution in [0.3, 0.4) is 0 Å². The number of hydrogen-bond acceptors (Lipinski definition) is 3. The molecular weight excluding hydrogens is 276 g/mol. The van der Waals surface area contributed by atoms with Gasteiger partial charge in [-0.3, -0.25) is 4.79 Å². The minimum atomic E-state index is -0.171. The van der Waals surface area contributed by atoms with Crippen LogP contribution in [0.1, 0.15) is 18.1 Å². The van der Waals surface area contributed by atoms with E-state index in [4.69, 9.17) is 9.47 Å². The molecule has 1 atom stereocenters. The van der Waals surface area contributed by atoms with E-state index in [1.807, 2.05) is 61.5 Å². The van der Waals surface area contributed by atoms with Crippen molar-refractivity contribution in [1.29, 1.82) is 0 Å². The number of esters is 1. The van der Waals surface area contributed by atoms with Gasteiger partial charge in [0.1, 0.15) is 5.75 Å². The molecule has 0 N–H and O–H groups in total. The van der Waals surface area contributed by atoms with Gasteiger partial charge in [0, 0.05) is 0 Å². The lowest BCUT2D eigenvalue weighted by Gasteiger charge is -2.16. The van der Waals surface area contributed by atoms with Crippen molar-refractivity contribution in [2.75, 3.05) is 13.7 Å². The summed E-state index contributed by atoms with van der Waals surface area (Å²) in [7, 11) is 1.64. The highest BCUT2D eigenvalue weighted by atomic mass is 16.5. The average molecular weight is 298 g/mol. The maximum Gasteiger partial charge on any atom is 0.309 e. The predicted molar refractivity (Wildman–Crippen MR) is 87.0 cm³/mol. The second-order valence-electron chi connectivity index (χ2n) is 5.19. The van der Waals surface area contributed by atoms with Crippen LogP contribution in [0.2, 0.25) is 0 Å². The molecule has 2 aromatic carbocycles. The number of rotatable bonds is 7. The molecule has 0 saturated carbocycles. The van der Waals surface area contributed by atoms with Gasteiger partial charge < -0.3 is 9.47 Å². The van der Waals surface area contributed by atoms with E-state index in [2.05, 4.69) is 0 Å². The smallest absolute Gasteiger partial charge is 0.309 e. The number of hydrogen-bond donors (Lipinski definition) is 0. The van der Waals surface area contributed by atoms with Crippen LogP contribution in [-0.4, -0.2) is 19.7 Å². The third-order valence-corrected chi connectivity index (χ3v) is 3.59. The van der Waals surface area contributed by atoms with Crippen molar-refractivity contribution in [3.05, 3.63) is 65.7 Å². The minimum Gasteiger partial charge on any atom is -0.497 e. The molecule has 0 saturated heterocycles. The molecule has 0 spiro atoms. The van der Waals surface area contributed by atoms with E-state index in [9.17, 15) is 4.79 Å². The largest absolute Gasteiger partial charge is 0.497 e. The molecule has 0 aromatic heterocycles. The molecule has 3 heteroatoms. The first-order chi connectivity index (χ1) is 10.7. The molecule has 2 aromatic rings. The lowest BCUT2D eigenvalue weighted by atomic mass is 9.92. The summed E-state index contributed by atoms with van der Waals surface area (Å²) in [5.41, 5.74) is 2.25. The van der Waals surface area contributed by atoms with Gasteiger partial charge in [-0.15, -0.1) is 0 Å². The fraction of sp³-hybridized carbons (Fsp3) is 0.316. The van der Waals surface area contributed by atoms with Gasteiger partial charge in [0.2, 0.25) is 0 Å². The Hall–Kier alpha value is -2.29. The molecule has 116 valence electrons. The van der Waals surface area contributed by atoms with Gasteiger partial charge in [-0.2, -0.15) is 0 Å². The highest BCUT2D eigenvalue weighted by molar-refractivity contribution is 5.73. The summed E-state index contributed by atoms with van der Waals surface area (Å²) in [6.07, 6.45) is 1.35. The van der Waals surface area contributed by atoms with Gasteiger partial charge in [-0.05, 0) is 43.0 Å². The van der Waals surface area contributed by atoms with E-state index in [1.165, 1.54) is 0 Å². The van der Waals surface area contributed by atoms with Crippen molar-refractivity contribution in [2.24, 2.45) is 5.92 Å². The van der Waals surface area contributed by atoms with E-state index >= 15 is 0 Å². The quantitative estimate of drug-likeness (QED) is 0.732. The van der Waals surface area contributed by atoms with Crippen LogP contribution in [0.4, 0.5) is 0 Å². The van der Waals surface area contributed by atoms with Crippen molar-refractivity contribution < 1.29 is 14.3 Å². The first-order valence-corrected chi connectivity index (χ1v) is 7.56. The summed E-state index contributed by atoms with van der Waals surface area (Å²) >= 11 is 0. The summed E-state index contributed by atoms with van der Waals surface area (Å²) < 4.78 is 10.4. The van der Waals surface area contributed by atoms with Gasteiger partial charge in [-0.25, -0.2) is 0 Å². The van der Waals surface area contributed by atoms with Crippen molar-refractivity contribution in [3.63, 3.8) is 0 Å². The monoisotopic (exact) mass is 298 g/mol. The Morgan fingerprint density at radius 3 is 2.09 bits per heavy atom. The molecule has 3 nitrogen and oxygen atoms in total. The van der Waals surface area contributed by atoms with Gasteiger partial charge in [0.25, 0.3) is 0 Å². The lowest BCUT2D eigenvalue weighted by molar-refractivity contribution is -0.147. The Labute approximate surface area is 131 Å². The molecule has 0 heterocycles. The molecule has 0 aliphatic heterocycles. The Kier molecular flexibility index (Phi) is 6.01. The molecule has 0 aliphatic carbocycles. The molecular formula is C19H22O3. The Balaban J connectivity index is 2.11. The topological polar surface area (TPSA) is 35.5 Å². The molecule has 0 aliphatic rings. The third-order valence-electron chi connectivity index (χ3n) is 3.59. The molecule has 0 fully saturated rings. The summed E-state index contributed by atoms with van der Waals surface area (Å²) in [5.74, 6) is 0.511. The fourth-order valence-corrected chi connectivity index (χ4v) is 2.44. The van der Waals surface area contributed by atoms with Crippen molar-refractivity contribution in [2.45, 2.75) is 19.8 Å². The zero-order chi connectivity index (χ0) is 15.8. The molecule has 2 rings (SSSR count). The van der Waals surface area contributed by atoms with E-state index in [1.54, 1.807) is 7.11 Å². The van der Waals surface area contributed by atoms with Gasteiger partial charge in [-0.1, -0.05) is 42.5 Å². The van der Waals surface area contributed by atoms with Crippen LogP contribution in [0.5, 0.6) is 5.75 Å². The van der Waals surface area contributed by atoms with E-state index < -0.39 is 0 Å². The fourth-order valence-electron chi connectivity index (χ4n) is 2.44. The molecule has 1 unspecified atom stereocenters. The summed E-state index contributed by atoms with van der Waals surface area (Å²) in [4.78, 5) is 12.2. The predicted octanol–water partition coefficient (Wildman–Crippen LogP) is 3.66. The van der Waals surface area contributed by atoms with Crippen LogP contribution in [0, 0.1) is 5.92 Å². The van der Waals surface area contributed by atoms with Gasteiger partial charge in [0.15, 0.2) is 0 Å². The number of benzene rings is 2. The van der Waals surface area contributed by atoms with Gasteiger partial charge >= 0.3 is 5.97 Å². The van der Waals surface area contributed by atoms with Gasteiger partial charge in [0.05, 0.1) is 19.6 Å². The summed E-state index contributed by atoms with van der Waals surface area (Å²) in [5, 5.41) is 0. The van der Waals surface area contributed by atoms with Crippen LogP contribution >= 0.6 is 0 Å². The van der Waals surface area contributed by atoms with Crippen molar-refractivity contribution >= 4 is 5.97 Å². The second-order valence-corrected chi connectivity index (χ2v) is 5.19. The summed E-state index contributed by atoms with van der Waals surface area (Å²) in [6.45, 7) is 2.25. The van der Waals surface area contributed by atoms with E-state index in [0.717, 1.165) is 16.9 Å². The van der Waals surface area contributed by atoms with E-state index in [0.29, 0.717) is 19.4 Å². The minimum absolute atomic E-state index is 0.137. The van der Waals surface area contributed by atoms with Crippen LogP contribution in [-0.2, 0) is 22.4 Å². The maximum atomic E-state index is 12.2. The average Bonchev–Trinajstić information content (AvgIpc) is 2.56. The zero-order valence-corrected chi connectivity index (χ0v) is 13.1. The normalized spacial score (nSPS) is 11.7. The third kappa shape index (κ3) is 4.62. The van der Waals surface area contributed by atoms with Crippen LogP contribution in [0.15, 0.2) is 54.6 Å². The Morgan fingerprint density at radius 2 is 1.55 bits per heavy atom. The standard InChI is InChI=1S/C19H22O3/c1-3-22-19(20)17(13-15-7-5-4-6-8-15)14-16-9-11-18(21-2)12-10-16/h4-12,17H,3,13-14H2,1-2H3. The van der Waals surface area contributed by atoms with Crippen molar-refractivity contribution in [1.82, 2.24) is 0 Å². The molecule has 0 amide bonds. The zero-order valence-electron chi connectivity index (χ0n) is 13.1. The number of carbonyl (C=O) groups is 1. The lowest BCUT2D eigenvalue weighted by Crippen LogP contribution is -2.22. The first kappa shape index (κ1) is 16.1. The summed E-state index contributed by atoms with van der Waals surface area (Å²) in [6, 6.07) is 17.9. The number of carbonyl (C=O) groups excluding carboxylic acids is 1. The highest BCUT2D eigenvalue weighted by Crippen LogP contribution is 2.19. The molecule has 22 heavy (non-hydrogen) atoms. The highest BCUT2D eigenvalue weighted by Gasteiger charge is 2.20. The molecule has 0 bridgehead atoms. The first-order valence-electron chi connectivity index (χ1n) is 7.56. The van der Waals surface area contributed by atoms with Crippen LogP contribution < -0.4 is 4.74 Å². The Bertz CT molecular complexity index is 575. The number of ether oxygens (including phenoxy) is 2.